The summed E-state index contributed by atoms with van der Waals surface area (Å²) in [6.45, 7) is 0.348. The number of nitrogens with one attached hydrogen (secondary N) is 2. The summed E-state index contributed by atoms with van der Waals surface area (Å²) in [4.78, 5) is 16.7. The molecule has 0 bridgehead atoms. The number of nitrogens with zero attached hydrogens (tertiary/aromatic N) is 2. The molecule has 0 fully saturated rings. The maximum absolute atomic E-state index is 12.1. The van der Waals surface area contributed by atoms with E-state index in [-0.39, 0.29) is 12.5 Å². The standard InChI is InChI=1S/C26H24N4O3S/c1-32-24-14-20(16-28-30-26-29-22(18-34-26)21-10-6-3-7-11-21)12-13-23(24)33-17-25(31)27-15-19-8-4-2-5-9-19/h2-14,16,18H,15,17H2,1H3,(H,27,31)(H,29,30). The number of amides is 1. The first-order chi connectivity index (χ1) is 16.7. The number of thiazole rings is 1. The van der Waals surface area contributed by atoms with Crippen LogP contribution < -0.4 is 20.2 Å². The third-order valence-corrected chi connectivity index (χ3v) is 5.57. The maximum atomic E-state index is 12.1. The van der Waals surface area contributed by atoms with Crippen LogP contribution in [0.25, 0.3) is 11.3 Å². The van der Waals surface area contributed by atoms with Gasteiger partial charge in [-0.05, 0) is 29.3 Å². The fourth-order valence-electron chi connectivity index (χ4n) is 3.10. The van der Waals surface area contributed by atoms with E-state index in [2.05, 4.69) is 20.8 Å². The maximum Gasteiger partial charge on any atom is 0.258 e. The van der Waals surface area contributed by atoms with Crippen molar-refractivity contribution in [3.8, 4) is 22.8 Å². The molecule has 3 aromatic carbocycles. The van der Waals surface area contributed by atoms with Crippen molar-refractivity contribution in [1.82, 2.24) is 10.3 Å². The van der Waals surface area contributed by atoms with Gasteiger partial charge in [-0.3, -0.25) is 10.2 Å². The van der Waals surface area contributed by atoms with E-state index >= 15 is 0 Å². The highest BCUT2D eigenvalue weighted by atomic mass is 32.1. The van der Waals surface area contributed by atoms with Gasteiger partial charge in [0.1, 0.15) is 0 Å². The smallest absolute Gasteiger partial charge is 0.258 e. The fraction of sp³-hybridized carbons (Fsp3) is 0.115. The van der Waals surface area contributed by atoms with Gasteiger partial charge in [0.2, 0.25) is 5.13 Å². The summed E-state index contributed by atoms with van der Waals surface area (Å²) in [7, 11) is 1.55. The lowest BCUT2D eigenvalue weighted by atomic mass is 10.2. The molecule has 0 spiro atoms. The molecule has 8 heteroatoms. The highest BCUT2D eigenvalue weighted by Crippen LogP contribution is 2.28. The SMILES string of the molecule is COc1cc(C=NNc2nc(-c3ccccc3)cs2)ccc1OCC(=O)NCc1ccccc1. The Morgan fingerprint density at radius 3 is 2.56 bits per heavy atom. The van der Waals surface area contributed by atoms with E-state index in [1.165, 1.54) is 11.3 Å². The molecule has 0 aliphatic carbocycles. The van der Waals surface area contributed by atoms with Crippen molar-refractivity contribution < 1.29 is 14.3 Å². The highest BCUT2D eigenvalue weighted by Gasteiger charge is 2.09. The van der Waals surface area contributed by atoms with E-state index < -0.39 is 0 Å². The van der Waals surface area contributed by atoms with Crippen molar-refractivity contribution in [3.63, 3.8) is 0 Å². The van der Waals surface area contributed by atoms with E-state index in [0.717, 1.165) is 22.4 Å². The van der Waals surface area contributed by atoms with E-state index in [0.29, 0.717) is 23.2 Å². The van der Waals surface area contributed by atoms with Crippen LogP contribution in [0.1, 0.15) is 11.1 Å². The molecular weight excluding hydrogens is 448 g/mol. The Hall–Kier alpha value is -4.17. The summed E-state index contributed by atoms with van der Waals surface area (Å²) < 4.78 is 11.1. The molecule has 0 radical (unpaired) electrons. The molecule has 4 rings (SSSR count). The number of carbonyl (C=O) groups is 1. The van der Waals surface area contributed by atoms with Gasteiger partial charge in [-0.15, -0.1) is 11.3 Å². The van der Waals surface area contributed by atoms with E-state index in [1.807, 2.05) is 72.1 Å². The fourth-order valence-corrected chi connectivity index (χ4v) is 3.77. The van der Waals surface area contributed by atoms with E-state index in [1.54, 1.807) is 25.5 Å². The van der Waals surface area contributed by atoms with Crippen LogP contribution in [-0.2, 0) is 11.3 Å². The first kappa shape index (κ1) is 23.0. The van der Waals surface area contributed by atoms with Crippen LogP contribution in [0.5, 0.6) is 11.5 Å². The largest absolute Gasteiger partial charge is 0.493 e. The minimum Gasteiger partial charge on any atom is -0.493 e. The zero-order chi connectivity index (χ0) is 23.6. The second kappa shape index (κ2) is 11.6. The van der Waals surface area contributed by atoms with Crippen LogP contribution in [0, 0.1) is 0 Å². The van der Waals surface area contributed by atoms with Gasteiger partial charge in [-0.1, -0.05) is 60.7 Å². The Labute approximate surface area is 202 Å². The summed E-state index contributed by atoms with van der Waals surface area (Å²) >= 11 is 1.48. The lowest BCUT2D eigenvalue weighted by molar-refractivity contribution is -0.123. The molecule has 0 saturated carbocycles. The van der Waals surface area contributed by atoms with E-state index in [4.69, 9.17) is 9.47 Å². The Morgan fingerprint density at radius 1 is 1.03 bits per heavy atom. The quantitative estimate of drug-likeness (QED) is 0.252. The first-order valence-corrected chi connectivity index (χ1v) is 11.5. The normalized spacial score (nSPS) is 10.7. The molecule has 1 amide bonds. The molecule has 0 unspecified atom stereocenters. The summed E-state index contributed by atoms with van der Waals surface area (Å²) in [5.41, 5.74) is 6.75. The molecule has 0 atom stereocenters. The number of anilines is 1. The van der Waals surface area contributed by atoms with Crippen molar-refractivity contribution in [1.29, 1.82) is 0 Å². The second-order valence-electron chi connectivity index (χ2n) is 7.24. The highest BCUT2D eigenvalue weighted by molar-refractivity contribution is 7.14. The van der Waals surface area contributed by atoms with Crippen LogP contribution in [-0.4, -0.2) is 30.8 Å². The summed E-state index contributed by atoms with van der Waals surface area (Å²) in [6.07, 6.45) is 1.67. The molecule has 1 aromatic heterocycles. The molecule has 2 N–H and O–H groups in total. The van der Waals surface area contributed by atoms with Crippen LogP contribution in [0.15, 0.2) is 89.3 Å². The predicted molar refractivity (Wildman–Crippen MR) is 136 cm³/mol. The van der Waals surface area contributed by atoms with E-state index in [9.17, 15) is 4.79 Å². The average molecular weight is 473 g/mol. The number of hydrogen-bond acceptors (Lipinski definition) is 7. The number of carbonyl (C=O) groups excluding carboxylic acids is 1. The monoisotopic (exact) mass is 472 g/mol. The van der Waals surface area contributed by atoms with Crippen LogP contribution in [0.3, 0.4) is 0 Å². The minimum absolute atomic E-state index is 0.105. The number of rotatable bonds is 10. The van der Waals surface area contributed by atoms with Gasteiger partial charge in [0, 0.05) is 17.5 Å². The third kappa shape index (κ3) is 6.43. The van der Waals surface area contributed by atoms with Crippen molar-refractivity contribution >= 4 is 28.6 Å². The summed E-state index contributed by atoms with van der Waals surface area (Å²) in [5, 5.41) is 9.78. The number of methoxy groups -OCH3 is 1. The molecule has 7 nitrogen and oxygen atoms in total. The van der Waals surface area contributed by atoms with Crippen molar-refractivity contribution in [2.75, 3.05) is 19.1 Å². The number of hydrazone groups is 1. The topological polar surface area (TPSA) is 84.8 Å². The van der Waals surface area contributed by atoms with Gasteiger partial charge in [-0.2, -0.15) is 5.10 Å². The lowest BCUT2D eigenvalue weighted by Gasteiger charge is -2.11. The predicted octanol–water partition coefficient (Wildman–Crippen LogP) is 4.96. The van der Waals surface area contributed by atoms with Gasteiger partial charge >= 0.3 is 0 Å². The number of benzene rings is 3. The average Bonchev–Trinajstić information content (AvgIpc) is 3.36. The molecule has 172 valence electrons. The molecule has 0 saturated heterocycles. The molecule has 1 heterocycles. The summed E-state index contributed by atoms with van der Waals surface area (Å²) in [5.74, 6) is 0.786. The Bertz CT molecular complexity index is 1240. The zero-order valence-corrected chi connectivity index (χ0v) is 19.4. The van der Waals surface area contributed by atoms with Gasteiger partial charge in [0.15, 0.2) is 18.1 Å². The Kier molecular flexibility index (Phi) is 7.86. The number of hydrogen-bond donors (Lipinski definition) is 2. The van der Waals surface area contributed by atoms with Crippen LogP contribution >= 0.6 is 11.3 Å². The zero-order valence-electron chi connectivity index (χ0n) is 18.6. The van der Waals surface area contributed by atoms with Gasteiger partial charge in [0.25, 0.3) is 5.91 Å². The lowest BCUT2D eigenvalue weighted by Crippen LogP contribution is -2.28. The van der Waals surface area contributed by atoms with Crippen molar-refractivity contribution in [2.45, 2.75) is 6.54 Å². The Balaban J connectivity index is 1.30. The molecule has 34 heavy (non-hydrogen) atoms. The van der Waals surface area contributed by atoms with Crippen LogP contribution in [0.2, 0.25) is 0 Å². The molecule has 0 aliphatic heterocycles. The van der Waals surface area contributed by atoms with Gasteiger partial charge in [0.05, 0.1) is 19.0 Å². The van der Waals surface area contributed by atoms with Crippen LogP contribution in [0.4, 0.5) is 5.13 Å². The molecule has 0 aliphatic rings. The first-order valence-electron chi connectivity index (χ1n) is 10.6. The van der Waals surface area contributed by atoms with Crippen molar-refractivity contribution in [2.24, 2.45) is 5.10 Å². The van der Waals surface area contributed by atoms with Gasteiger partial charge < -0.3 is 14.8 Å². The molecular formula is C26H24N4O3S. The molecule has 4 aromatic rings. The third-order valence-electron chi connectivity index (χ3n) is 4.83. The minimum atomic E-state index is -0.209. The number of ether oxygens (including phenoxy) is 2. The number of aromatic nitrogens is 1. The van der Waals surface area contributed by atoms with Crippen molar-refractivity contribution in [3.05, 3.63) is 95.4 Å². The summed E-state index contributed by atoms with van der Waals surface area (Å²) in [6, 6.07) is 25.1. The Morgan fingerprint density at radius 2 is 1.79 bits per heavy atom. The van der Waals surface area contributed by atoms with Gasteiger partial charge in [-0.25, -0.2) is 4.98 Å². The second-order valence-corrected chi connectivity index (χ2v) is 8.09.